The largest absolute Gasteiger partial charge is 0.338 e. The topological polar surface area (TPSA) is 53.4 Å². The number of carbonyl (C=O) groups is 1. The second-order valence-corrected chi connectivity index (χ2v) is 7.91. The van der Waals surface area contributed by atoms with Crippen LogP contribution in [-0.2, 0) is 16.9 Å². The molecule has 0 radical (unpaired) electrons. The van der Waals surface area contributed by atoms with Crippen molar-refractivity contribution in [3.63, 3.8) is 0 Å². The Morgan fingerprint density at radius 1 is 1.20 bits per heavy atom. The number of amides is 1. The molecule has 1 amide bonds. The standard InChI is InChI=1S/C18H25N5OS/c24-17(18(4-7-19-8-5-18)23-9-2-6-20-23)22-12-10-21(11-13-22)15-16-3-1-14-25-16/h1-3,6,9,14,19H,4-5,7-8,10-13,15H2. The van der Waals surface area contributed by atoms with E-state index in [0.29, 0.717) is 0 Å². The molecule has 4 heterocycles. The Hall–Kier alpha value is -1.70. The van der Waals surface area contributed by atoms with Gasteiger partial charge >= 0.3 is 0 Å². The van der Waals surface area contributed by atoms with Crippen molar-refractivity contribution in [2.24, 2.45) is 0 Å². The van der Waals surface area contributed by atoms with E-state index in [1.54, 1.807) is 17.5 Å². The first-order chi connectivity index (χ1) is 12.3. The van der Waals surface area contributed by atoms with Crippen LogP contribution >= 0.6 is 11.3 Å². The van der Waals surface area contributed by atoms with E-state index in [4.69, 9.17) is 0 Å². The molecule has 6 nitrogen and oxygen atoms in total. The Bertz CT molecular complexity index is 670. The zero-order chi connectivity index (χ0) is 17.1. The molecule has 2 aliphatic heterocycles. The summed E-state index contributed by atoms with van der Waals surface area (Å²) < 4.78 is 1.90. The van der Waals surface area contributed by atoms with Gasteiger partial charge < -0.3 is 10.2 Å². The van der Waals surface area contributed by atoms with E-state index in [1.165, 1.54) is 4.88 Å². The lowest BCUT2D eigenvalue weighted by atomic mass is 9.86. The minimum absolute atomic E-state index is 0.244. The summed E-state index contributed by atoms with van der Waals surface area (Å²) in [5.74, 6) is 0.244. The molecular formula is C18H25N5OS. The van der Waals surface area contributed by atoms with Crippen LogP contribution in [-0.4, -0.2) is 64.8 Å². The molecule has 0 spiro atoms. The fourth-order valence-corrected chi connectivity index (χ4v) is 4.68. The molecule has 0 unspecified atom stereocenters. The highest BCUT2D eigenvalue weighted by Gasteiger charge is 2.44. The molecule has 4 rings (SSSR count). The summed E-state index contributed by atoms with van der Waals surface area (Å²) in [4.78, 5) is 19.3. The van der Waals surface area contributed by atoms with Gasteiger partial charge in [0.05, 0.1) is 0 Å². The number of piperidine rings is 1. The molecular weight excluding hydrogens is 334 g/mol. The second kappa shape index (κ2) is 7.27. The van der Waals surface area contributed by atoms with Gasteiger partial charge in [-0.25, -0.2) is 0 Å². The van der Waals surface area contributed by atoms with E-state index in [1.807, 2.05) is 16.9 Å². The maximum Gasteiger partial charge on any atom is 0.250 e. The van der Waals surface area contributed by atoms with Crippen molar-refractivity contribution in [2.45, 2.75) is 24.9 Å². The monoisotopic (exact) mass is 359 g/mol. The number of thiophene rings is 1. The first-order valence-electron chi connectivity index (χ1n) is 9.03. The summed E-state index contributed by atoms with van der Waals surface area (Å²) in [7, 11) is 0. The molecule has 2 saturated heterocycles. The van der Waals surface area contributed by atoms with Crippen molar-refractivity contribution in [1.82, 2.24) is 24.9 Å². The zero-order valence-electron chi connectivity index (χ0n) is 14.4. The summed E-state index contributed by atoms with van der Waals surface area (Å²) in [6, 6.07) is 6.20. The molecule has 0 atom stereocenters. The van der Waals surface area contributed by atoms with Gasteiger partial charge in [0.15, 0.2) is 0 Å². The quantitative estimate of drug-likeness (QED) is 0.896. The second-order valence-electron chi connectivity index (χ2n) is 6.88. The maximum atomic E-state index is 13.4. The number of nitrogens with zero attached hydrogens (tertiary/aromatic N) is 4. The highest BCUT2D eigenvalue weighted by atomic mass is 32.1. The number of nitrogens with one attached hydrogen (secondary N) is 1. The van der Waals surface area contributed by atoms with Gasteiger partial charge in [-0.1, -0.05) is 6.07 Å². The third-order valence-corrected chi connectivity index (χ3v) is 6.25. The number of piperazine rings is 1. The first kappa shape index (κ1) is 16.8. The summed E-state index contributed by atoms with van der Waals surface area (Å²) >= 11 is 1.80. The summed E-state index contributed by atoms with van der Waals surface area (Å²) in [6.45, 7) is 6.22. The number of carbonyl (C=O) groups excluding carboxylic acids is 1. The van der Waals surface area contributed by atoms with Crippen molar-refractivity contribution >= 4 is 17.2 Å². The maximum absolute atomic E-state index is 13.4. The molecule has 2 aliphatic rings. The van der Waals surface area contributed by atoms with Gasteiger partial charge in [-0.2, -0.15) is 5.10 Å². The minimum Gasteiger partial charge on any atom is -0.338 e. The SMILES string of the molecule is O=C(N1CCN(Cc2cccs2)CC1)C1(n2cccn2)CCNCC1. The van der Waals surface area contributed by atoms with E-state index >= 15 is 0 Å². The predicted octanol–water partition coefficient (Wildman–Crippen LogP) is 1.37. The average Bonchev–Trinajstić information content (AvgIpc) is 3.36. The lowest BCUT2D eigenvalue weighted by Crippen LogP contribution is -2.59. The van der Waals surface area contributed by atoms with Crippen LogP contribution in [0.1, 0.15) is 17.7 Å². The van der Waals surface area contributed by atoms with Crippen LogP contribution in [0, 0.1) is 0 Å². The highest BCUT2D eigenvalue weighted by molar-refractivity contribution is 7.09. The molecule has 1 N–H and O–H groups in total. The third-order valence-electron chi connectivity index (χ3n) is 5.39. The lowest BCUT2D eigenvalue weighted by Gasteiger charge is -2.43. The van der Waals surface area contributed by atoms with Crippen LogP contribution in [0.25, 0.3) is 0 Å². The predicted molar refractivity (Wildman–Crippen MR) is 98.5 cm³/mol. The van der Waals surface area contributed by atoms with Crippen LogP contribution in [0.3, 0.4) is 0 Å². The van der Waals surface area contributed by atoms with Crippen LogP contribution < -0.4 is 5.32 Å². The van der Waals surface area contributed by atoms with Crippen LogP contribution in [0.5, 0.6) is 0 Å². The Morgan fingerprint density at radius 3 is 2.64 bits per heavy atom. The van der Waals surface area contributed by atoms with Gasteiger partial charge in [0.1, 0.15) is 5.54 Å². The van der Waals surface area contributed by atoms with Gasteiger partial charge in [-0.15, -0.1) is 11.3 Å². The molecule has 7 heteroatoms. The van der Waals surface area contributed by atoms with Crippen LogP contribution in [0.4, 0.5) is 0 Å². The Kier molecular flexibility index (Phi) is 4.87. The minimum atomic E-state index is -0.509. The molecule has 0 bridgehead atoms. The smallest absolute Gasteiger partial charge is 0.250 e. The Labute approximate surface area is 152 Å². The number of rotatable bonds is 4. The molecule has 25 heavy (non-hydrogen) atoms. The van der Waals surface area contributed by atoms with E-state index < -0.39 is 5.54 Å². The van der Waals surface area contributed by atoms with Crippen LogP contribution in [0.15, 0.2) is 36.0 Å². The molecule has 2 aromatic rings. The molecule has 0 aliphatic carbocycles. The summed E-state index contributed by atoms with van der Waals surface area (Å²) in [5.41, 5.74) is -0.509. The molecule has 134 valence electrons. The van der Waals surface area contributed by atoms with E-state index in [2.05, 4.69) is 37.7 Å². The molecule has 2 aromatic heterocycles. The van der Waals surface area contributed by atoms with E-state index in [9.17, 15) is 4.79 Å². The molecule has 2 fully saturated rings. The van der Waals surface area contributed by atoms with Crippen molar-refractivity contribution < 1.29 is 4.79 Å². The molecule has 0 aromatic carbocycles. The normalized spacial score (nSPS) is 21.4. The number of hydrogen-bond donors (Lipinski definition) is 1. The molecule has 0 saturated carbocycles. The van der Waals surface area contributed by atoms with Crippen molar-refractivity contribution in [1.29, 1.82) is 0 Å². The van der Waals surface area contributed by atoms with E-state index in [-0.39, 0.29) is 5.91 Å². The van der Waals surface area contributed by atoms with Crippen molar-refractivity contribution in [3.05, 3.63) is 40.8 Å². The average molecular weight is 359 g/mol. The van der Waals surface area contributed by atoms with Gasteiger partial charge in [0.2, 0.25) is 0 Å². The zero-order valence-corrected chi connectivity index (χ0v) is 15.2. The highest BCUT2D eigenvalue weighted by Crippen LogP contribution is 2.30. The lowest BCUT2D eigenvalue weighted by molar-refractivity contribution is -0.145. The van der Waals surface area contributed by atoms with Gasteiger partial charge in [0, 0.05) is 50.0 Å². The van der Waals surface area contributed by atoms with Crippen molar-refractivity contribution in [3.8, 4) is 0 Å². The summed E-state index contributed by atoms with van der Waals surface area (Å²) in [6.07, 6.45) is 5.33. The fourth-order valence-electron chi connectivity index (χ4n) is 3.93. The first-order valence-corrected chi connectivity index (χ1v) is 9.91. The van der Waals surface area contributed by atoms with Gasteiger partial charge in [0.25, 0.3) is 5.91 Å². The van der Waals surface area contributed by atoms with Crippen molar-refractivity contribution in [2.75, 3.05) is 39.3 Å². The Morgan fingerprint density at radius 2 is 2.00 bits per heavy atom. The Balaban J connectivity index is 1.43. The van der Waals surface area contributed by atoms with Gasteiger partial charge in [-0.05, 0) is 43.4 Å². The fraction of sp³-hybridized carbons (Fsp3) is 0.556. The van der Waals surface area contributed by atoms with Gasteiger partial charge in [-0.3, -0.25) is 14.4 Å². The summed E-state index contributed by atoms with van der Waals surface area (Å²) in [5, 5.41) is 9.92. The van der Waals surface area contributed by atoms with Crippen LogP contribution in [0.2, 0.25) is 0 Å². The number of hydrogen-bond acceptors (Lipinski definition) is 5. The number of aromatic nitrogens is 2. The third kappa shape index (κ3) is 3.36. The van der Waals surface area contributed by atoms with E-state index in [0.717, 1.165) is 58.7 Å².